The van der Waals surface area contributed by atoms with Crippen molar-refractivity contribution in [1.82, 2.24) is 10.6 Å². The van der Waals surface area contributed by atoms with E-state index in [4.69, 9.17) is 4.74 Å². The van der Waals surface area contributed by atoms with Gasteiger partial charge in [0.2, 0.25) is 11.8 Å². The molecule has 0 spiro atoms. The first-order chi connectivity index (χ1) is 13.0. The summed E-state index contributed by atoms with van der Waals surface area (Å²) in [5.41, 5.74) is -1.06. The molecule has 1 fully saturated rings. The Morgan fingerprint density at radius 1 is 1.33 bits per heavy atom. The van der Waals surface area contributed by atoms with Crippen LogP contribution in [0.3, 0.4) is 0 Å². The second kappa shape index (κ2) is 10.4. The molecule has 1 saturated carbocycles. The zero-order chi connectivity index (χ0) is 19.7. The lowest BCUT2D eigenvalue weighted by molar-refractivity contribution is -0.143. The van der Waals surface area contributed by atoms with E-state index in [2.05, 4.69) is 10.6 Å². The van der Waals surface area contributed by atoms with Gasteiger partial charge in [-0.1, -0.05) is 19.3 Å². The maximum atomic E-state index is 12.9. The van der Waals surface area contributed by atoms with E-state index in [9.17, 15) is 19.5 Å². The van der Waals surface area contributed by atoms with Crippen LogP contribution >= 0.6 is 11.8 Å². The number of thioether (sulfide) groups is 1. The molecule has 0 radical (unpaired) electrons. The van der Waals surface area contributed by atoms with Gasteiger partial charge in [-0.15, -0.1) is 0 Å². The fourth-order valence-corrected chi connectivity index (χ4v) is 3.81. The molecule has 0 aromatic heterocycles. The topological polar surface area (TPSA) is 105 Å². The maximum absolute atomic E-state index is 12.9. The molecule has 0 saturated heterocycles. The largest absolute Gasteiger partial charge is 0.494 e. The van der Waals surface area contributed by atoms with E-state index in [0.29, 0.717) is 37.4 Å². The number of carboxylic acids is 1. The van der Waals surface area contributed by atoms with E-state index in [1.54, 1.807) is 6.08 Å². The standard InChI is InChI=1S/C19H28N2O5S/c1-27-13-9-15(17(23)24)20-18(25)19(10-3-2-4-11-19)21-16(22)8-7-14-6-5-12-26-14/h6-8,15H,2-5,9-13H2,1H3,(H,20,25)(H,21,22)(H,23,24)/b8-7+/t15-/m0/s1. The molecule has 0 unspecified atom stereocenters. The van der Waals surface area contributed by atoms with Crippen LogP contribution in [0.15, 0.2) is 24.0 Å². The summed E-state index contributed by atoms with van der Waals surface area (Å²) < 4.78 is 5.33. The normalized spacial score (nSPS) is 19.8. The van der Waals surface area contributed by atoms with Gasteiger partial charge < -0.3 is 20.5 Å². The fourth-order valence-electron chi connectivity index (χ4n) is 3.34. The van der Waals surface area contributed by atoms with Crippen LogP contribution in [-0.2, 0) is 19.1 Å². The SMILES string of the molecule is CSCC[C@H](NC(=O)C1(NC(=O)/C=C/C2=CCCO2)CCCCC1)C(=O)O. The minimum atomic E-state index is -1.06. The number of hydrogen-bond acceptors (Lipinski definition) is 5. The number of ether oxygens (including phenoxy) is 1. The van der Waals surface area contributed by atoms with E-state index < -0.39 is 23.5 Å². The zero-order valence-electron chi connectivity index (χ0n) is 15.7. The quantitative estimate of drug-likeness (QED) is 0.515. The summed E-state index contributed by atoms with van der Waals surface area (Å²) in [5, 5.41) is 14.9. The summed E-state index contributed by atoms with van der Waals surface area (Å²) in [5.74, 6) is -0.558. The number of amides is 2. The van der Waals surface area contributed by atoms with Gasteiger partial charge in [-0.2, -0.15) is 11.8 Å². The first-order valence-electron chi connectivity index (χ1n) is 9.33. The van der Waals surface area contributed by atoms with Gasteiger partial charge in [-0.05, 0) is 43.4 Å². The molecule has 0 aromatic carbocycles. The van der Waals surface area contributed by atoms with Gasteiger partial charge in [0, 0.05) is 12.5 Å². The number of aliphatic carboxylic acids is 1. The van der Waals surface area contributed by atoms with Crippen molar-refractivity contribution in [2.45, 2.75) is 56.5 Å². The van der Waals surface area contributed by atoms with Crippen molar-refractivity contribution < 1.29 is 24.2 Å². The molecule has 1 atom stereocenters. The number of carbonyl (C=O) groups is 3. The van der Waals surface area contributed by atoms with Crippen molar-refractivity contribution in [3.8, 4) is 0 Å². The van der Waals surface area contributed by atoms with Crippen molar-refractivity contribution in [2.75, 3.05) is 18.6 Å². The van der Waals surface area contributed by atoms with Crippen molar-refractivity contribution >= 4 is 29.5 Å². The Morgan fingerprint density at radius 2 is 2.07 bits per heavy atom. The average Bonchev–Trinajstić information content (AvgIpc) is 3.17. The lowest BCUT2D eigenvalue weighted by atomic mass is 9.80. The predicted octanol–water partition coefficient (Wildman–Crippen LogP) is 1.99. The van der Waals surface area contributed by atoms with Crippen LogP contribution < -0.4 is 10.6 Å². The van der Waals surface area contributed by atoms with Crippen molar-refractivity contribution in [3.05, 3.63) is 24.0 Å². The van der Waals surface area contributed by atoms with Crippen LogP contribution in [0, 0.1) is 0 Å². The highest BCUT2D eigenvalue weighted by molar-refractivity contribution is 7.98. The highest BCUT2D eigenvalue weighted by Crippen LogP contribution is 2.29. The number of hydrogen-bond donors (Lipinski definition) is 3. The Morgan fingerprint density at radius 3 is 2.67 bits per heavy atom. The number of allylic oxidation sites excluding steroid dienone is 1. The fraction of sp³-hybridized carbons (Fsp3) is 0.632. The van der Waals surface area contributed by atoms with Crippen LogP contribution in [0.1, 0.15) is 44.9 Å². The highest BCUT2D eigenvalue weighted by atomic mass is 32.2. The van der Waals surface area contributed by atoms with Crippen LogP contribution in [0.5, 0.6) is 0 Å². The predicted molar refractivity (Wildman–Crippen MR) is 104 cm³/mol. The van der Waals surface area contributed by atoms with Gasteiger partial charge in [0.25, 0.3) is 0 Å². The Balaban J connectivity index is 2.05. The first-order valence-corrected chi connectivity index (χ1v) is 10.7. The Kier molecular flexibility index (Phi) is 8.22. The highest BCUT2D eigenvalue weighted by Gasteiger charge is 2.41. The van der Waals surface area contributed by atoms with Crippen LogP contribution in [0.2, 0.25) is 0 Å². The third-order valence-electron chi connectivity index (χ3n) is 4.85. The molecule has 2 rings (SSSR count). The molecule has 2 amide bonds. The van der Waals surface area contributed by atoms with Crippen molar-refractivity contribution in [1.29, 1.82) is 0 Å². The minimum Gasteiger partial charge on any atom is -0.494 e. The molecule has 0 aromatic rings. The number of rotatable bonds is 9. The smallest absolute Gasteiger partial charge is 0.326 e. The zero-order valence-corrected chi connectivity index (χ0v) is 16.5. The molecule has 3 N–H and O–H groups in total. The summed E-state index contributed by atoms with van der Waals surface area (Å²) >= 11 is 1.53. The molecule has 2 aliphatic rings. The summed E-state index contributed by atoms with van der Waals surface area (Å²) in [6, 6.07) is -0.951. The van der Waals surface area contributed by atoms with Crippen LogP contribution in [0.4, 0.5) is 0 Å². The van der Waals surface area contributed by atoms with Crippen molar-refractivity contribution in [2.24, 2.45) is 0 Å². The lowest BCUT2D eigenvalue weighted by Gasteiger charge is -2.37. The van der Waals surface area contributed by atoms with Gasteiger partial charge in [0.1, 0.15) is 17.3 Å². The number of carbonyl (C=O) groups excluding carboxylic acids is 2. The summed E-state index contributed by atoms with van der Waals surface area (Å²) in [6.07, 6.45) is 11.5. The first kappa shape index (κ1) is 21.3. The van der Waals surface area contributed by atoms with E-state index in [0.717, 1.165) is 25.7 Å². The van der Waals surface area contributed by atoms with Gasteiger partial charge in [0.05, 0.1) is 6.61 Å². The van der Waals surface area contributed by atoms with Gasteiger partial charge >= 0.3 is 5.97 Å². The van der Waals surface area contributed by atoms with Gasteiger partial charge in [-0.25, -0.2) is 4.79 Å². The Bertz CT molecular complexity index is 611. The summed E-state index contributed by atoms with van der Waals surface area (Å²) in [7, 11) is 0. The van der Waals surface area contributed by atoms with Gasteiger partial charge in [0.15, 0.2) is 0 Å². The summed E-state index contributed by atoms with van der Waals surface area (Å²) in [6.45, 7) is 0.611. The second-order valence-corrected chi connectivity index (χ2v) is 7.84. The third kappa shape index (κ3) is 6.30. The molecule has 7 nitrogen and oxygen atoms in total. The number of nitrogens with one attached hydrogen (secondary N) is 2. The van der Waals surface area contributed by atoms with E-state index in [-0.39, 0.29) is 5.91 Å². The molecular weight excluding hydrogens is 368 g/mol. The van der Waals surface area contributed by atoms with Crippen LogP contribution in [-0.4, -0.2) is 53.1 Å². The average molecular weight is 397 g/mol. The molecule has 150 valence electrons. The van der Waals surface area contributed by atoms with Crippen molar-refractivity contribution in [3.63, 3.8) is 0 Å². The summed E-state index contributed by atoms with van der Waals surface area (Å²) in [4.78, 5) is 36.8. The van der Waals surface area contributed by atoms with E-state index in [1.807, 2.05) is 12.3 Å². The maximum Gasteiger partial charge on any atom is 0.326 e. The molecule has 27 heavy (non-hydrogen) atoms. The third-order valence-corrected chi connectivity index (χ3v) is 5.49. The minimum absolute atomic E-state index is 0.345. The number of carboxylic acid groups (broad SMARTS) is 1. The molecule has 8 heteroatoms. The monoisotopic (exact) mass is 396 g/mol. The Hall–Kier alpha value is -1.96. The van der Waals surface area contributed by atoms with Gasteiger partial charge in [-0.3, -0.25) is 9.59 Å². The molecule has 1 aliphatic heterocycles. The molecule has 1 heterocycles. The molecule has 0 bridgehead atoms. The molecular formula is C19H28N2O5S. The van der Waals surface area contributed by atoms with E-state index >= 15 is 0 Å². The van der Waals surface area contributed by atoms with E-state index in [1.165, 1.54) is 17.8 Å². The molecule has 1 aliphatic carbocycles. The second-order valence-electron chi connectivity index (χ2n) is 6.85. The Labute approximate surface area is 164 Å². The van der Waals surface area contributed by atoms with Crippen LogP contribution in [0.25, 0.3) is 0 Å². The lowest BCUT2D eigenvalue weighted by Crippen LogP contribution is -2.61.